The molecule has 3 rings (SSSR count). The first kappa shape index (κ1) is 11.8. The lowest BCUT2D eigenvalue weighted by Gasteiger charge is -2.02. The summed E-state index contributed by atoms with van der Waals surface area (Å²) in [5.41, 5.74) is 7.02. The zero-order chi connectivity index (χ0) is 13.4. The van der Waals surface area contributed by atoms with Crippen LogP contribution in [0.15, 0.2) is 18.2 Å². The molecule has 2 heterocycles. The van der Waals surface area contributed by atoms with Crippen molar-refractivity contribution in [3.63, 3.8) is 0 Å². The summed E-state index contributed by atoms with van der Waals surface area (Å²) in [5, 5.41) is 9.25. The number of carboxylic acid groups (broad SMARTS) is 1. The Hall–Kier alpha value is -2.28. The van der Waals surface area contributed by atoms with Crippen LogP contribution in [0, 0.1) is 0 Å². The van der Waals surface area contributed by atoms with Gasteiger partial charge in [0, 0.05) is 10.4 Å². The number of rotatable bonds is 3. The number of aliphatic carboxylic acids is 1. The van der Waals surface area contributed by atoms with Gasteiger partial charge in [0.15, 0.2) is 16.6 Å². The number of benzene rings is 1. The Balaban J connectivity index is 2.04. The van der Waals surface area contributed by atoms with Crippen molar-refractivity contribution in [2.24, 2.45) is 0 Å². The van der Waals surface area contributed by atoms with Gasteiger partial charge < -0.3 is 20.3 Å². The van der Waals surface area contributed by atoms with Crippen LogP contribution in [0.1, 0.15) is 4.88 Å². The highest BCUT2D eigenvalue weighted by Crippen LogP contribution is 2.38. The SMILES string of the molecule is Nc1nc(-c2ccc3c(c2)OCO3)c(CC(=O)O)s1. The summed E-state index contributed by atoms with van der Waals surface area (Å²) in [6.07, 6.45) is -0.0986. The number of anilines is 1. The maximum Gasteiger partial charge on any atom is 0.308 e. The van der Waals surface area contributed by atoms with Crippen LogP contribution in [0.25, 0.3) is 11.3 Å². The Kier molecular flexibility index (Phi) is 2.75. The van der Waals surface area contributed by atoms with Gasteiger partial charge in [-0.05, 0) is 18.2 Å². The lowest BCUT2D eigenvalue weighted by atomic mass is 10.1. The van der Waals surface area contributed by atoms with Gasteiger partial charge in [0.2, 0.25) is 6.79 Å². The van der Waals surface area contributed by atoms with Gasteiger partial charge in [-0.2, -0.15) is 0 Å². The molecule has 0 fully saturated rings. The fourth-order valence-corrected chi connectivity index (χ4v) is 2.74. The second-order valence-corrected chi connectivity index (χ2v) is 5.08. The number of carbonyl (C=O) groups is 1. The Bertz CT molecular complexity index is 653. The molecule has 0 atom stereocenters. The number of hydrogen-bond acceptors (Lipinski definition) is 6. The van der Waals surface area contributed by atoms with Gasteiger partial charge in [0.1, 0.15) is 0 Å². The molecule has 1 aliphatic rings. The van der Waals surface area contributed by atoms with Crippen LogP contribution in [0.2, 0.25) is 0 Å². The fraction of sp³-hybridized carbons (Fsp3) is 0.167. The van der Waals surface area contributed by atoms with E-state index in [0.29, 0.717) is 27.2 Å². The summed E-state index contributed by atoms with van der Waals surface area (Å²) in [6, 6.07) is 5.37. The molecule has 0 amide bonds. The molecular formula is C12H10N2O4S. The maximum atomic E-state index is 10.8. The van der Waals surface area contributed by atoms with Gasteiger partial charge in [-0.15, -0.1) is 11.3 Å². The molecule has 19 heavy (non-hydrogen) atoms. The summed E-state index contributed by atoms with van der Waals surface area (Å²) in [5.74, 6) is 0.391. The van der Waals surface area contributed by atoms with Crippen LogP contribution in [-0.2, 0) is 11.2 Å². The minimum Gasteiger partial charge on any atom is -0.481 e. The van der Waals surface area contributed by atoms with E-state index in [2.05, 4.69) is 4.98 Å². The standard InChI is InChI=1S/C12H10N2O4S/c13-12-14-11(9(19-12)4-10(15)16)6-1-2-7-8(3-6)18-5-17-7/h1-3H,4-5H2,(H2,13,14)(H,15,16). The highest BCUT2D eigenvalue weighted by molar-refractivity contribution is 7.15. The number of hydrogen-bond donors (Lipinski definition) is 2. The van der Waals surface area contributed by atoms with E-state index in [1.54, 1.807) is 12.1 Å². The van der Waals surface area contributed by atoms with Crippen molar-refractivity contribution in [2.45, 2.75) is 6.42 Å². The molecule has 0 unspecified atom stereocenters. The second kappa shape index (κ2) is 4.43. The molecule has 7 heteroatoms. The van der Waals surface area contributed by atoms with Gasteiger partial charge in [0.25, 0.3) is 0 Å². The van der Waals surface area contributed by atoms with Gasteiger partial charge in [-0.3, -0.25) is 4.79 Å². The number of carboxylic acids is 1. The molecule has 3 N–H and O–H groups in total. The first-order valence-electron chi connectivity index (χ1n) is 5.50. The number of thiazole rings is 1. The van der Waals surface area contributed by atoms with Crippen molar-refractivity contribution in [1.82, 2.24) is 4.98 Å². The zero-order valence-electron chi connectivity index (χ0n) is 9.75. The van der Waals surface area contributed by atoms with Crippen LogP contribution in [0.3, 0.4) is 0 Å². The van der Waals surface area contributed by atoms with Crippen molar-refractivity contribution < 1.29 is 19.4 Å². The number of nitrogen functional groups attached to an aromatic ring is 1. The normalized spacial score (nSPS) is 12.6. The molecule has 0 bridgehead atoms. The van der Waals surface area contributed by atoms with E-state index in [0.717, 1.165) is 5.56 Å². The summed E-state index contributed by atoms with van der Waals surface area (Å²) in [4.78, 5) is 15.7. The third kappa shape index (κ3) is 2.19. The van der Waals surface area contributed by atoms with Gasteiger partial charge in [-0.1, -0.05) is 0 Å². The first-order valence-corrected chi connectivity index (χ1v) is 6.32. The zero-order valence-corrected chi connectivity index (χ0v) is 10.6. The lowest BCUT2D eigenvalue weighted by Crippen LogP contribution is -1.99. The van der Waals surface area contributed by atoms with E-state index in [1.165, 1.54) is 11.3 Å². The smallest absolute Gasteiger partial charge is 0.308 e. The van der Waals surface area contributed by atoms with E-state index >= 15 is 0 Å². The predicted molar refractivity (Wildman–Crippen MR) is 69.4 cm³/mol. The van der Waals surface area contributed by atoms with Crippen molar-refractivity contribution in [1.29, 1.82) is 0 Å². The highest BCUT2D eigenvalue weighted by atomic mass is 32.1. The van der Waals surface area contributed by atoms with Gasteiger partial charge in [0.05, 0.1) is 12.1 Å². The quantitative estimate of drug-likeness (QED) is 0.888. The van der Waals surface area contributed by atoms with Crippen LogP contribution in [0.5, 0.6) is 11.5 Å². The summed E-state index contributed by atoms with van der Waals surface area (Å²) < 4.78 is 10.5. The average Bonchev–Trinajstić information content (AvgIpc) is 2.93. The van der Waals surface area contributed by atoms with E-state index < -0.39 is 5.97 Å². The number of aromatic nitrogens is 1. The van der Waals surface area contributed by atoms with Crippen molar-refractivity contribution >= 4 is 22.4 Å². The minimum absolute atomic E-state index is 0.0986. The third-order valence-corrected chi connectivity index (χ3v) is 3.56. The molecule has 1 aliphatic heterocycles. The number of fused-ring (bicyclic) bond motifs is 1. The largest absolute Gasteiger partial charge is 0.481 e. The Morgan fingerprint density at radius 2 is 2.21 bits per heavy atom. The van der Waals surface area contributed by atoms with Crippen molar-refractivity contribution in [2.75, 3.05) is 12.5 Å². The van der Waals surface area contributed by atoms with Crippen LogP contribution in [0.4, 0.5) is 5.13 Å². The molecule has 6 nitrogen and oxygen atoms in total. The van der Waals surface area contributed by atoms with Crippen molar-refractivity contribution in [3.8, 4) is 22.8 Å². The van der Waals surface area contributed by atoms with E-state index in [-0.39, 0.29) is 13.2 Å². The average molecular weight is 278 g/mol. The van der Waals surface area contributed by atoms with Gasteiger partial charge in [-0.25, -0.2) is 4.98 Å². The number of nitrogens with zero attached hydrogens (tertiary/aromatic N) is 1. The summed E-state index contributed by atoms with van der Waals surface area (Å²) in [6.45, 7) is 0.194. The topological polar surface area (TPSA) is 94.7 Å². The molecule has 0 radical (unpaired) electrons. The molecule has 2 aromatic rings. The Labute approximate surface area is 112 Å². The van der Waals surface area contributed by atoms with Gasteiger partial charge >= 0.3 is 5.97 Å². The third-order valence-electron chi connectivity index (χ3n) is 2.67. The number of ether oxygens (including phenoxy) is 2. The molecule has 0 saturated heterocycles. The number of nitrogens with two attached hydrogens (primary N) is 1. The monoisotopic (exact) mass is 278 g/mol. The Morgan fingerprint density at radius 3 is 3.00 bits per heavy atom. The second-order valence-electron chi connectivity index (χ2n) is 3.96. The van der Waals surface area contributed by atoms with Crippen molar-refractivity contribution in [3.05, 3.63) is 23.1 Å². The molecule has 0 aliphatic carbocycles. The predicted octanol–water partition coefficient (Wildman–Crippen LogP) is 1.75. The van der Waals surface area contributed by atoms with E-state index in [1.807, 2.05) is 6.07 Å². The van der Waals surface area contributed by atoms with E-state index in [9.17, 15) is 4.79 Å². The Morgan fingerprint density at radius 1 is 1.42 bits per heavy atom. The molecule has 0 spiro atoms. The van der Waals surface area contributed by atoms with Crippen LogP contribution in [-0.4, -0.2) is 22.9 Å². The molecule has 1 aromatic heterocycles. The molecule has 98 valence electrons. The molecule has 1 aromatic carbocycles. The van der Waals surface area contributed by atoms with E-state index in [4.69, 9.17) is 20.3 Å². The fourth-order valence-electron chi connectivity index (χ4n) is 1.90. The minimum atomic E-state index is -0.911. The maximum absolute atomic E-state index is 10.8. The highest BCUT2D eigenvalue weighted by Gasteiger charge is 2.18. The van der Waals surface area contributed by atoms with Crippen LogP contribution < -0.4 is 15.2 Å². The molecule has 0 saturated carbocycles. The lowest BCUT2D eigenvalue weighted by molar-refractivity contribution is -0.136. The summed E-state index contributed by atoms with van der Waals surface area (Å²) >= 11 is 1.18. The summed E-state index contributed by atoms with van der Waals surface area (Å²) in [7, 11) is 0. The van der Waals surface area contributed by atoms with Crippen LogP contribution >= 0.6 is 11.3 Å². The molecular weight excluding hydrogens is 268 g/mol. The first-order chi connectivity index (χ1) is 9.13.